The zero-order chi connectivity index (χ0) is 16.3. The van der Waals surface area contributed by atoms with Crippen LogP contribution in [0.15, 0.2) is 47.4 Å². The van der Waals surface area contributed by atoms with Crippen LogP contribution in [0, 0.1) is 6.92 Å². The summed E-state index contributed by atoms with van der Waals surface area (Å²) in [5.41, 5.74) is 0.704. The number of carbonyl (C=O) groups excluding carboxylic acids is 1. The Hall–Kier alpha value is -2.54. The van der Waals surface area contributed by atoms with Crippen LogP contribution in [-0.4, -0.2) is 26.6 Å². The Kier molecular flexibility index (Phi) is 4.37. The minimum absolute atomic E-state index is 0.0860. The second kappa shape index (κ2) is 6.07. The van der Waals surface area contributed by atoms with Gasteiger partial charge in [0.1, 0.15) is 10.5 Å². The number of aromatic hydroxyl groups is 1. The van der Waals surface area contributed by atoms with E-state index in [-0.39, 0.29) is 10.5 Å². The van der Waals surface area contributed by atoms with Gasteiger partial charge in [-0.25, -0.2) is 4.79 Å². The topological polar surface area (TPSA) is 89.9 Å². The van der Waals surface area contributed by atoms with Crippen molar-refractivity contribution >= 4 is 16.1 Å². The first kappa shape index (κ1) is 15.8. The summed E-state index contributed by atoms with van der Waals surface area (Å²) in [6.45, 7) is 1.82. The molecule has 0 spiro atoms. The highest BCUT2D eigenvalue weighted by Gasteiger charge is 2.24. The molecule has 0 aliphatic carbocycles. The fourth-order valence-electron chi connectivity index (χ4n) is 1.75. The fraction of sp³-hybridized carbons (Fsp3) is 0.133. The number of hydrogen-bond donors (Lipinski definition) is 1. The van der Waals surface area contributed by atoms with Gasteiger partial charge in [0.25, 0.3) is 0 Å². The molecule has 0 aliphatic rings. The van der Waals surface area contributed by atoms with Crippen molar-refractivity contribution < 1.29 is 27.2 Å². The lowest BCUT2D eigenvalue weighted by Crippen LogP contribution is -2.13. The van der Waals surface area contributed by atoms with Gasteiger partial charge in [0.05, 0.1) is 7.11 Å². The Balaban J connectivity index is 2.46. The van der Waals surface area contributed by atoms with E-state index >= 15 is 0 Å². The highest BCUT2D eigenvalue weighted by molar-refractivity contribution is 7.87. The number of phenols is 1. The molecule has 0 aromatic heterocycles. The van der Waals surface area contributed by atoms with E-state index in [1.54, 1.807) is 12.1 Å². The van der Waals surface area contributed by atoms with Crippen LogP contribution in [0.25, 0.3) is 0 Å². The molecule has 0 radical (unpaired) electrons. The Morgan fingerprint density at radius 1 is 1.09 bits per heavy atom. The van der Waals surface area contributed by atoms with Gasteiger partial charge in [-0.2, -0.15) is 8.42 Å². The Morgan fingerprint density at radius 2 is 1.73 bits per heavy atom. The minimum atomic E-state index is -4.18. The van der Waals surface area contributed by atoms with Gasteiger partial charge in [-0.1, -0.05) is 23.8 Å². The van der Waals surface area contributed by atoms with Crippen molar-refractivity contribution in [3.63, 3.8) is 0 Å². The third-order valence-corrected chi connectivity index (χ3v) is 4.14. The van der Waals surface area contributed by atoms with Crippen molar-refractivity contribution in [2.24, 2.45) is 0 Å². The van der Waals surface area contributed by atoms with Gasteiger partial charge in [-0.05, 0) is 31.2 Å². The van der Waals surface area contributed by atoms with E-state index in [0.717, 1.165) is 12.7 Å². The number of phenolic OH excluding ortho intramolecular Hbond substituents is 1. The van der Waals surface area contributed by atoms with Gasteiger partial charge in [0, 0.05) is 0 Å². The standard InChI is InChI=1S/C15H14O6S/c1-10-6-8-11(9-7-10)22(18,19)21-14-12(15(17)20-2)4-3-5-13(14)16/h3-9,16H,1-2H3. The van der Waals surface area contributed by atoms with Crippen LogP contribution in [0.2, 0.25) is 0 Å². The van der Waals surface area contributed by atoms with E-state index in [1.807, 2.05) is 6.92 Å². The zero-order valence-corrected chi connectivity index (χ0v) is 12.8. The van der Waals surface area contributed by atoms with Crippen LogP contribution in [-0.2, 0) is 14.9 Å². The predicted octanol–water partition coefficient (Wildman–Crippen LogP) is 2.25. The summed E-state index contributed by atoms with van der Waals surface area (Å²) in [5, 5.41) is 9.79. The normalized spacial score (nSPS) is 11.0. The first-order valence-corrected chi connectivity index (χ1v) is 7.67. The molecule has 2 rings (SSSR count). The predicted molar refractivity (Wildman–Crippen MR) is 78.4 cm³/mol. The number of hydrogen-bond acceptors (Lipinski definition) is 6. The number of benzene rings is 2. The lowest BCUT2D eigenvalue weighted by Gasteiger charge is -2.11. The molecular formula is C15H14O6S. The number of rotatable bonds is 4. The summed E-state index contributed by atoms with van der Waals surface area (Å²) in [6.07, 6.45) is 0. The zero-order valence-electron chi connectivity index (χ0n) is 11.9. The van der Waals surface area contributed by atoms with Crippen LogP contribution in [0.4, 0.5) is 0 Å². The molecule has 6 nitrogen and oxygen atoms in total. The number of para-hydroxylation sites is 1. The number of esters is 1. The summed E-state index contributed by atoms with van der Waals surface area (Å²) < 4.78 is 34.0. The highest BCUT2D eigenvalue weighted by Crippen LogP contribution is 2.33. The van der Waals surface area contributed by atoms with E-state index in [9.17, 15) is 18.3 Å². The van der Waals surface area contributed by atoms with Gasteiger partial charge >= 0.3 is 16.1 Å². The van der Waals surface area contributed by atoms with Gasteiger partial charge in [0.2, 0.25) is 0 Å². The lowest BCUT2D eigenvalue weighted by molar-refractivity contribution is 0.0598. The summed E-state index contributed by atoms with van der Waals surface area (Å²) in [6, 6.07) is 9.88. The van der Waals surface area contributed by atoms with E-state index in [2.05, 4.69) is 4.74 Å². The second-order valence-electron chi connectivity index (χ2n) is 4.50. The molecule has 1 N–H and O–H groups in total. The Bertz CT molecular complexity index is 793. The van der Waals surface area contributed by atoms with Gasteiger partial charge in [0.15, 0.2) is 11.5 Å². The van der Waals surface area contributed by atoms with Crippen molar-refractivity contribution in [3.05, 3.63) is 53.6 Å². The number of carbonyl (C=O) groups is 1. The molecule has 0 amide bonds. The van der Waals surface area contributed by atoms with Crippen molar-refractivity contribution in [2.75, 3.05) is 7.11 Å². The Morgan fingerprint density at radius 3 is 2.32 bits per heavy atom. The monoisotopic (exact) mass is 322 g/mol. The van der Waals surface area contributed by atoms with E-state index < -0.39 is 27.6 Å². The quantitative estimate of drug-likeness (QED) is 0.686. The first-order chi connectivity index (χ1) is 10.3. The molecular weight excluding hydrogens is 308 g/mol. The average molecular weight is 322 g/mol. The summed E-state index contributed by atoms with van der Waals surface area (Å²) in [5.74, 6) is -1.75. The molecule has 0 bridgehead atoms. The third kappa shape index (κ3) is 3.20. The minimum Gasteiger partial charge on any atom is -0.504 e. The summed E-state index contributed by atoms with van der Waals surface area (Å²) in [4.78, 5) is 11.6. The molecule has 22 heavy (non-hydrogen) atoms. The smallest absolute Gasteiger partial charge is 0.341 e. The van der Waals surface area contributed by atoms with Gasteiger partial charge in [-0.3, -0.25) is 0 Å². The maximum Gasteiger partial charge on any atom is 0.341 e. The summed E-state index contributed by atoms with van der Waals surface area (Å²) in [7, 11) is -3.04. The summed E-state index contributed by atoms with van der Waals surface area (Å²) >= 11 is 0. The van der Waals surface area contributed by atoms with Crippen molar-refractivity contribution in [2.45, 2.75) is 11.8 Å². The molecule has 0 saturated heterocycles. The lowest BCUT2D eigenvalue weighted by atomic mass is 10.2. The molecule has 2 aromatic rings. The van der Waals surface area contributed by atoms with Crippen molar-refractivity contribution in [1.29, 1.82) is 0 Å². The molecule has 0 aliphatic heterocycles. The first-order valence-electron chi connectivity index (χ1n) is 6.26. The molecule has 0 saturated carbocycles. The number of methoxy groups -OCH3 is 1. The van der Waals surface area contributed by atoms with Crippen LogP contribution >= 0.6 is 0 Å². The highest BCUT2D eigenvalue weighted by atomic mass is 32.2. The van der Waals surface area contributed by atoms with Crippen LogP contribution < -0.4 is 4.18 Å². The maximum atomic E-state index is 12.2. The maximum absolute atomic E-state index is 12.2. The van der Waals surface area contributed by atoms with Crippen molar-refractivity contribution in [3.8, 4) is 11.5 Å². The largest absolute Gasteiger partial charge is 0.504 e. The fourth-order valence-corrected chi connectivity index (χ4v) is 2.71. The van der Waals surface area contributed by atoms with Gasteiger partial charge < -0.3 is 14.0 Å². The average Bonchev–Trinajstić information content (AvgIpc) is 2.49. The molecule has 0 unspecified atom stereocenters. The second-order valence-corrected chi connectivity index (χ2v) is 6.04. The van der Waals surface area contributed by atoms with Crippen LogP contribution in [0.3, 0.4) is 0 Å². The van der Waals surface area contributed by atoms with E-state index in [4.69, 9.17) is 4.18 Å². The number of aryl methyl sites for hydroxylation is 1. The molecule has 7 heteroatoms. The van der Waals surface area contributed by atoms with E-state index in [0.29, 0.717) is 0 Å². The number of ether oxygens (including phenoxy) is 1. The van der Waals surface area contributed by atoms with Crippen molar-refractivity contribution in [1.82, 2.24) is 0 Å². The van der Waals surface area contributed by atoms with Crippen LogP contribution in [0.5, 0.6) is 11.5 Å². The molecule has 116 valence electrons. The SMILES string of the molecule is COC(=O)c1cccc(O)c1OS(=O)(=O)c1ccc(C)cc1. The molecule has 2 aromatic carbocycles. The Labute approximate surface area is 128 Å². The van der Waals surface area contributed by atoms with Crippen LogP contribution in [0.1, 0.15) is 15.9 Å². The van der Waals surface area contributed by atoms with E-state index in [1.165, 1.54) is 30.3 Å². The van der Waals surface area contributed by atoms with Gasteiger partial charge in [-0.15, -0.1) is 0 Å². The molecule has 0 atom stereocenters. The third-order valence-electron chi connectivity index (χ3n) is 2.90. The molecule has 0 fully saturated rings. The molecule has 0 heterocycles.